The Hall–Kier alpha value is -1.78. The van der Waals surface area contributed by atoms with Gasteiger partial charge in [0.05, 0.1) is 6.04 Å². The fraction of sp³-hybridized carbons (Fsp3) is 0.600. The Bertz CT molecular complexity index is 480. The zero-order valence-corrected chi connectivity index (χ0v) is 11.8. The van der Waals surface area contributed by atoms with Crippen LogP contribution in [0, 0.1) is 6.92 Å². The van der Waals surface area contributed by atoms with Crippen LogP contribution in [0.25, 0.3) is 0 Å². The number of carbonyl (C=O) groups is 2. The van der Waals surface area contributed by atoms with E-state index in [2.05, 4.69) is 0 Å². The number of nitrogens with zero attached hydrogens (tertiary/aromatic N) is 1. The van der Waals surface area contributed by atoms with E-state index < -0.39 is 5.97 Å². The van der Waals surface area contributed by atoms with Gasteiger partial charge in [0.1, 0.15) is 11.5 Å². The smallest absolute Gasteiger partial charge is 0.303 e. The fourth-order valence-corrected chi connectivity index (χ4v) is 2.69. The molecule has 1 N–H and O–H groups in total. The molecule has 0 aliphatic carbocycles. The number of carboxylic acid groups (broad SMARTS) is 1. The third kappa shape index (κ3) is 3.62. The van der Waals surface area contributed by atoms with E-state index in [9.17, 15) is 9.59 Å². The highest BCUT2D eigenvalue weighted by Crippen LogP contribution is 2.33. The lowest BCUT2D eigenvalue weighted by atomic mass is 10.1. The van der Waals surface area contributed by atoms with E-state index in [1.54, 1.807) is 0 Å². The number of furan rings is 1. The van der Waals surface area contributed by atoms with Crippen LogP contribution >= 0.6 is 0 Å². The molecule has 1 amide bonds. The number of carboxylic acids is 1. The highest BCUT2D eigenvalue weighted by atomic mass is 16.4. The zero-order valence-electron chi connectivity index (χ0n) is 11.8. The maximum Gasteiger partial charge on any atom is 0.303 e. The molecule has 1 aliphatic heterocycles. The van der Waals surface area contributed by atoms with Crippen LogP contribution in [0.2, 0.25) is 0 Å². The molecule has 5 nitrogen and oxygen atoms in total. The molecule has 0 bridgehead atoms. The molecular formula is C15H21NO4. The summed E-state index contributed by atoms with van der Waals surface area (Å²) in [5, 5.41) is 8.58. The van der Waals surface area contributed by atoms with Crippen molar-refractivity contribution in [3.8, 4) is 0 Å². The Morgan fingerprint density at radius 2 is 2.10 bits per heavy atom. The van der Waals surface area contributed by atoms with Gasteiger partial charge in [-0.25, -0.2) is 0 Å². The first kappa shape index (κ1) is 14.6. The molecule has 1 aliphatic rings. The summed E-state index contributed by atoms with van der Waals surface area (Å²) in [6.07, 6.45) is 3.67. The van der Waals surface area contributed by atoms with Crippen molar-refractivity contribution in [2.45, 2.75) is 51.5 Å². The average molecular weight is 279 g/mol. The summed E-state index contributed by atoms with van der Waals surface area (Å²) in [4.78, 5) is 24.5. The van der Waals surface area contributed by atoms with Crippen molar-refractivity contribution in [1.82, 2.24) is 4.90 Å². The lowest BCUT2D eigenvalue weighted by molar-refractivity contribution is -0.137. The van der Waals surface area contributed by atoms with Gasteiger partial charge in [0.2, 0.25) is 5.91 Å². The number of rotatable bonds is 6. The molecule has 110 valence electrons. The second-order valence-corrected chi connectivity index (χ2v) is 5.29. The second kappa shape index (κ2) is 6.59. The van der Waals surface area contributed by atoms with Gasteiger partial charge in [-0.05, 0) is 44.7 Å². The highest BCUT2D eigenvalue weighted by Gasteiger charge is 2.31. The molecule has 2 rings (SSSR count). The van der Waals surface area contributed by atoms with Crippen molar-refractivity contribution in [3.05, 3.63) is 23.7 Å². The third-order valence-electron chi connectivity index (χ3n) is 3.69. The van der Waals surface area contributed by atoms with Crippen LogP contribution in [-0.2, 0) is 9.59 Å². The number of unbranched alkanes of at least 4 members (excludes halogenated alkanes) is 1. The summed E-state index contributed by atoms with van der Waals surface area (Å²) in [6, 6.07) is 3.91. The number of likely N-dealkylation sites (tertiary alicyclic amines) is 1. The summed E-state index contributed by atoms with van der Waals surface area (Å²) in [5.74, 6) is 1.02. The molecule has 0 aromatic carbocycles. The molecule has 1 saturated heterocycles. The predicted molar refractivity (Wildman–Crippen MR) is 73.2 cm³/mol. The monoisotopic (exact) mass is 279 g/mol. The Morgan fingerprint density at radius 3 is 2.75 bits per heavy atom. The minimum atomic E-state index is -0.803. The van der Waals surface area contributed by atoms with Crippen molar-refractivity contribution in [2.24, 2.45) is 0 Å². The SMILES string of the molecule is Cc1ccc(C2CCCN2C(=O)CCCCC(=O)O)o1. The van der Waals surface area contributed by atoms with Gasteiger partial charge < -0.3 is 14.4 Å². The van der Waals surface area contributed by atoms with Gasteiger partial charge in [0.15, 0.2) is 0 Å². The van der Waals surface area contributed by atoms with Gasteiger partial charge >= 0.3 is 5.97 Å². The van der Waals surface area contributed by atoms with Crippen LogP contribution in [0.4, 0.5) is 0 Å². The summed E-state index contributed by atoms with van der Waals surface area (Å²) in [5.41, 5.74) is 0. The van der Waals surface area contributed by atoms with Crippen molar-refractivity contribution in [3.63, 3.8) is 0 Å². The van der Waals surface area contributed by atoms with E-state index in [4.69, 9.17) is 9.52 Å². The molecule has 5 heteroatoms. The molecule has 1 fully saturated rings. The van der Waals surface area contributed by atoms with Gasteiger partial charge in [-0.1, -0.05) is 0 Å². The lowest BCUT2D eigenvalue weighted by Gasteiger charge is -2.23. The van der Waals surface area contributed by atoms with Crippen molar-refractivity contribution in [1.29, 1.82) is 0 Å². The molecule has 1 aromatic rings. The maximum absolute atomic E-state index is 12.2. The van der Waals surface area contributed by atoms with E-state index in [1.165, 1.54) is 0 Å². The van der Waals surface area contributed by atoms with Gasteiger partial charge in [-0.2, -0.15) is 0 Å². The Labute approximate surface area is 118 Å². The normalized spacial score (nSPS) is 18.4. The van der Waals surface area contributed by atoms with Gasteiger partial charge in [-0.15, -0.1) is 0 Å². The molecule has 0 saturated carbocycles. The van der Waals surface area contributed by atoms with E-state index in [0.717, 1.165) is 30.9 Å². The first-order valence-electron chi connectivity index (χ1n) is 7.15. The third-order valence-corrected chi connectivity index (χ3v) is 3.69. The minimum absolute atomic E-state index is 0.0515. The average Bonchev–Trinajstić information content (AvgIpc) is 3.02. The van der Waals surface area contributed by atoms with Gasteiger partial charge in [0, 0.05) is 19.4 Å². The largest absolute Gasteiger partial charge is 0.481 e. The van der Waals surface area contributed by atoms with Crippen LogP contribution in [0.5, 0.6) is 0 Å². The molecule has 1 unspecified atom stereocenters. The van der Waals surface area contributed by atoms with Crippen molar-refractivity contribution >= 4 is 11.9 Å². The van der Waals surface area contributed by atoms with Crippen molar-refractivity contribution < 1.29 is 19.1 Å². The second-order valence-electron chi connectivity index (χ2n) is 5.29. The summed E-state index contributed by atoms with van der Waals surface area (Å²) in [7, 11) is 0. The van der Waals surface area contributed by atoms with Gasteiger partial charge in [-0.3, -0.25) is 9.59 Å². The van der Waals surface area contributed by atoms with Crippen LogP contribution in [0.3, 0.4) is 0 Å². The molecule has 2 heterocycles. The van der Waals surface area contributed by atoms with E-state index in [-0.39, 0.29) is 18.4 Å². The van der Waals surface area contributed by atoms with Crippen LogP contribution in [0.1, 0.15) is 56.1 Å². The molecule has 20 heavy (non-hydrogen) atoms. The zero-order chi connectivity index (χ0) is 14.5. The standard InChI is InChI=1S/C15H21NO4/c1-11-8-9-13(20-11)12-5-4-10-16(12)14(17)6-2-3-7-15(18)19/h8-9,12H,2-7,10H2,1H3,(H,18,19). The van der Waals surface area contributed by atoms with Crippen molar-refractivity contribution in [2.75, 3.05) is 6.54 Å². The molecule has 1 aromatic heterocycles. The van der Waals surface area contributed by atoms with Crippen LogP contribution in [0.15, 0.2) is 16.5 Å². The van der Waals surface area contributed by atoms with E-state index in [0.29, 0.717) is 19.3 Å². The first-order chi connectivity index (χ1) is 9.58. The quantitative estimate of drug-likeness (QED) is 0.813. The summed E-state index contributed by atoms with van der Waals surface area (Å²) < 4.78 is 5.63. The molecule has 0 spiro atoms. The maximum atomic E-state index is 12.2. The lowest BCUT2D eigenvalue weighted by Crippen LogP contribution is -2.30. The molecule has 1 atom stereocenters. The highest BCUT2D eigenvalue weighted by molar-refractivity contribution is 5.77. The first-order valence-corrected chi connectivity index (χ1v) is 7.15. The topological polar surface area (TPSA) is 70.8 Å². The van der Waals surface area contributed by atoms with E-state index in [1.807, 2.05) is 24.0 Å². The molecular weight excluding hydrogens is 258 g/mol. The fourth-order valence-electron chi connectivity index (χ4n) is 2.69. The predicted octanol–water partition coefficient (Wildman–Crippen LogP) is 2.90. The number of carbonyl (C=O) groups excluding carboxylic acids is 1. The Balaban J connectivity index is 1.87. The summed E-state index contributed by atoms with van der Waals surface area (Å²) >= 11 is 0. The number of aryl methyl sites for hydroxylation is 1. The number of aliphatic carboxylic acids is 1. The number of hydrogen-bond donors (Lipinski definition) is 1. The Kier molecular flexibility index (Phi) is 4.82. The van der Waals surface area contributed by atoms with E-state index >= 15 is 0 Å². The number of amides is 1. The van der Waals surface area contributed by atoms with Gasteiger partial charge in [0.25, 0.3) is 0 Å². The number of hydrogen-bond acceptors (Lipinski definition) is 3. The summed E-state index contributed by atoms with van der Waals surface area (Å²) in [6.45, 7) is 2.67. The van der Waals surface area contributed by atoms with Crippen LogP contribution < -0.4 is 0 Å². The Morgan fingerprint density at radius 1 is 1.35 bits per heavy atom. The van der Waals surface area contributed by atoms with Crippen LogP contribution in [-0.4, -0.2) is 28.4 Å². The molecule has 0 radical (unpaired) electrons. The minimum Gasteiger partial charge on any atom is -0.481 e.